The molecule has 0 amide bonds. The fourth-order valence-corrected chi connectivity index (χ4v) is 2.03. The van der Waals surface area contributed by atoms with Crippen LogP contribution in [0.5, 0.6) is 0 Å². The van der Waals surface area contributed by atoms with E-state index in [4.69, 9.17) is 10.7 Å². The maximum absolute atomic E-state index is 6.07. The monoisotopic (exact) mass is 196 g/mol. The van der Waals surface area contributed by atoms with Crippen LogP contribution in [0.4, 0.5) is 0 Å². The van der Waals surface area contributed by atoms with Gasteiger partial charge in [0.05, 0.1) is 11.4 Å². The predicted molar refractivity (Wildman–Crippen MR) is 62.6 cm³/mol. The molecular weight excluding hydrogens is 172 g/mol. The number of nitrogens with zero attached hydrogens (tertiary/aromatic N) is 1. The van der Waals surface area contributed by atoms with Gasteiger partial charge in [-0.05, 0) is 32.6 Å². The van der Waals surface area contributed by atoms with Gasteiger partial charge in [0.2, 0.25) is 0 Å². The Morgan fingerprint density at radius 1 is 1.29 bits per heavy atom. The smallest absolute Gasteiger partial charge is 0.0975 e. The first kappa shape index (κ1) is 11.5. The van der Waals surface area contributed by atoms with Crippen molar-refractivity contribution in [3.8, 4) is 0 Å². The Morgan fingerprint density at radius 2 is 1.79 bits per heavy atom. The van der Waals surface area contributed by atoms with Gasteiger partial charge in [-0.15, -0.1) is 0 Å². The summed E-state index contributed by atoms with van der Waals surface area (Å²) in [5.74, 6) is 1.49. The molecular formula is C12H24N2. The van der Waals surface area contributed by atoms with E-state index in [9.17, 15) is 0 Å². The van der Waals surface area contributed by atoms with Crippen LogP contribution >= 0.6 is 0 Å². The molecule has 0 heterocycles. The Balaban J connectivity index is 2.64. The molecule has 14 heavy (non-hydrogen) atoms. The molecule has 1 rings (SSSR count). The fourth-order valence-electron chi connectivity index (χ4n) is 2.03. The molecule has 0 aromatic heterocycles. The standard InChI is InChI=1S/C12H24N2/c1-4-12(3,5-2)14-11(13)10-8-6-7-9-10/h10H,4-9H2,1-3H3,(H2,13,14). The molecule has 1 fully saturated rings. The van der Waals surface area contributed by atoms with Gasteiger partial charge in [-0.2, -0.15) is 0 Å². The lowest BCUT2D eigenvalue weighted by atomic mass is 9.95. The van der Waals surface area contributed by atoms with Crippen molar-refractivity contribution < 1.29 is 0 Å². The summed E-state index contributed by atoms with van der Waals surface area (Å²) in [6, 6.07) is 0. The van der Waals surface area contributed by atoms with Crippen LogP contribution in [-0.4, -0.2) is 11.4 Å². The summed E-state index contributed by atoms with van der Waals surface area (Å²) < 4.78 is 0. The van der Waals surface area contributed by atoms with E-state index in [1.165, 1.54) is 25.7 Å². The van der Waals surface area contributed by atoms with Crippen LogP contribution in [0.15, 0.2) is 4.99 Å². The zero-order chi connectivity index (χ0) is 10.6. The van der Waals surface area contributed by atoms with Gasteiger partial charge in [-0.3, -0.25) is 4.99 Å². The first-order valence-corrected chi connectivity index (χ1v) is 5.96. The molecule has 0 spiro atoms. The van der Waals surface area contributed by atoms with Crippen LogP contribution in [0.3, 0.4) is 0 Å². The highest BCUT2D eigenvalue weighted by molar-refractivity contribution is 5.83. The minimum Gasteiger partial charge on any atom is -0.387 e. The Kier molecular flexibility index (Phi) is 3.97. The van der Waals surface area contributed by atoms with Crippen LogP contribution in [-0.2, 0) is 0 Å². The van der Waals surface area contributed by atoms with E-state index in [0.717, 1.165) is 18.7 Å². The minimum absolute atomic E-state index is 0.0761. The molecule has 0 aromatic rings. The molecule has 1 aliphatic rings. The van der Waals surface area contributed by atoms with Crippen molar-refractivity contribution in [2.45, 2.75) is 64.8 Å². The maximum Gasteiger partial charge on any atom is 0.0975 e. The lowest BCUT2D eigenvalue weighted by molar-refractivity contribution is 0.436. The molecule has 2 heteroatoms. The summed E-state index contributed by atoms with van der Waals surface area (Å²) in [5, 5.41) is 0. The van der Waals surface area contributed by atoms with Crippen molar-refractivity contribution in [1.82, 2.24) is 0 Å². The zero-order valence-electron chi connectivity index (χ0n) is 9.84. The summed E-state index contributed by atoms with van der Waals surface area (Å²) in [7, 11) is 0. The molecule has 0 aromatic carbocycles. The number of hydrogen-bond donors (Lipinski definition) is 1. The second kappa shape index (κ2) is 4.81. The number of aliphatic imine (C=N–C) groups is 1. The lowest BCUT2D eigenvalue weighted by Crippen LogP contribution is -2.29. The van der Waals surface area contributed by atoms with Gasteiger partial charge in [-0.25, -0.2) is 0 Å². The van der Waals surface area contributed by atoms with E-state index in [2.05, 4.69) is 20.8 Å². The number of rotatable bonds is 4. The predicted octanol–water partition coefficient (Wildman–Crippen LogP) is 3.11. The summed E-state index contributed by atoms with van der Waals surface area (Å²) >= 11 is 0. The van der Waals surface area contributed by atoms with Gasteiger partial charge in [0.15, 0.2) is 0 Å². The van der Waals surface area contributed by atoms with Gasteiger partial charge in [0, 0.05) is 5.92 Å². The molecule has 0 aliphatic heterocycles. The van der Waals surface area contributed by atoms with Gasteiger partial charge in [-0.1, -0.05) is 26.7 Å². The average molecular weight is 196 g/mol. The molecule has 0 bridgehead atoms. The van der Waals surface area contributed by atoms with E-state index < -0.39 is 0 Å². The van der Waals surface area contributed by atoms with Crippen molar-refractivity contribution in [2.75, 3.05) is 0 Å². The third kappa shape index (κ3) is 2.73. The van der Waals surface area contributed by atoms with Crippen LogP contribution < -0.4 is 5.73 Å². The average Bonchev–Trinajstić information content (AvgIpc) is 2.70. The van der Waals surface area contributed by atoms with E-state index in [0.29, 0.717) is 5.92 Å². The van der Waals surface area contributed by atoms with Crippen molar-refractivity contribution in [2.24, 2.45) is 16.6 Å². The molecule has 0 saturated heterocycles. The van der Waals surface area contributed by atoms with E-state index in [1.807, 2.05) is 0 Å². The molecule has 0 radical (unpaired) electrons. The van der Waals surface area contributed by atoms with E-state index >= 15 is 0 Å². The molecule has 0 atom stereocenters. The fraction of sp³-hybridized carbons (Fsp3) is 0.917. The summed E-state index contributed by atoms with van der Waals surface area (Å²) in [6.45, 7) is 6.58. The Labute approximate surface area is 88.0 Å². The van der Waals surface area contributed by atoms with Crippen molar-refractivity contribution in [3.63, 3.8) is 0 Å². The Morgan fingerprint density at radius 3 is 2.21 bits per heavy atom. The van der Waals surface area contributed by atoms with Crippen molar-refractivity contribution in [3.05, 3.63) is 0 Å². The number of amidine groups is 1. The molecule has 82 valence electrons. The Bertz CT molecular complexity index is 198. The summed E-state index contributed by atoms with van der Waals surface area (Å²) in [4.78, 5) is 4.72. The third-order valence-corrected chi connectivity index (χ3v) is 3.70. The molecule has 1 aliphatic carbocycles. The second-order valence-corrected chi connectivity index (χ2v) is 4.72. The minimum atomic E-state index is 0.0761. The molecule has 0 unspecified atom stereocenters. The SMILES string of the molecule is CCC(C)(CC)N=C(N)C1CCCC1. The highest BCUT2D eigenvalue weighted by atomic mass is 14.9. The van der Waals surface area contributed by atoms with Crippen LogP contribution in [0, 0.1) is 5.92 Å². The first-order chi connectivity index (χ1) is 6.61. The van der Waals surface area contributed by atoms with Gasteiger partial charge >= 0.3 is 0 Å². The maximum atomic E-state index is 6.07. The third-order valence-electron chi connectivity index (χ3n) is 3.70. The topological polar surface area (TPSA) is 38.4 Å². The zero-order valence-corrected chi connectivity index (χ0v) is 9.84. The summed E-state index contributed by atoms with van der Waals surface area (Å²) in [5.41, 5.74) is 6.14. The molecule has 2 nitrogen and oxygen atoms in total. The number of nitrogens with two attached hydrogens (primary N) is 1. The molecule has 2 N–H and O–H groups in total. The van der Waals surface area contributed by atoms with Crippen molar-refractivity contribution in [1.29, 1.82) is 0 Å². The largest absolute Gasteiger partial charge is 0.387 e. The number of hydrogen-bond acceptors (Lipinski definition) is 1. The molecule has 1 saturated carbocycles. The van der Waals surface area contributed by atoms with Gasteiger partial charge < -0.3 is 5.73 Å². The summed E-state index contributed by atoms with van der Waals surface area (Å²) in [6.07, 6.45) is 7.32. The van der Waals surface area contributed by atoms with E-state index in [-0.39, 0.29) is 5.54 Å². The van der Waals surface area contributed by atoms with Crippen LogP contribution in [0.1, 0.15) is 59.3 Å². The first-order valence-electron chi connectivity index (χ1n) is 5.96. The van der Waals surface area contributed by atoms with Crippen molar-refractivity contribution >= 4 is 5.84 Å². The second-order valence-electron chi connectivity index (χ2n) is 4.72. The van der Waals surface area contributed by atoms with Gasteiger partial charge in [0.25, 0.3) is 0 Å². The van der Waals surface area contributed by atoms with E-state index in [1.54, 1.807) is 0 Å². The lowest BCUT2D eigenvalue weighted by Gasteiger charge is -2.23. The van der Waals surface area contributed by atoms with Gasteiger partial charge in [0.1, 0.15) is 0 Å². The quantitative estimate of drug-likeness (QED) is 0.544. The highest BCUT2D eigenvalue weighted by Gasteiger charge is 2.23. The van der Waals surface area contributed by atoms with Crippen LogP contribution in [0.2, 0.25) is 0 Å². The Hall–Kier alpha value is -0.530. The normalized spacial score (nSPS) is 20.4. The van der Waals surface area contributed by atoms with Crippen LogP contribution in [0.25, 0.3) is 0 Å². The highest BCUT2D eigenvalue weighted by Crippen LogP contribution is 2.27.